The Balaban J connectivity index is 1.58. The number of ether oxygens (including phenoxy) is 2. The highest BCUT2D eigenvalue weighted by Gasteiger charge is 2.28. The van der Waals surface area contributed by atoms with E-state index in [1.54, 1.807) is 14.2 Å². The molecule has 186 valence electrons. The number of anilines is 1. The number of piperidine rings is 1. The molecule has 0 aliphatic carbocycles. The van der Waals surface area contributed by atoms with Gasteiger partial charge in [0.05, 0.1) is 19.9 Å². The summed E-state index contributed by atoms with van der Waals surface area (Å²) in [6.07, 6.45) is 2.98. The number of amides is 2. The van der Waals surface area contributed by atoms with Crippen molar-refractivity contribution >= 4 is 11.7 Å². The van der Waals surface area contributed by atoms with Gasteiger partial charge in [0.2, 0.25) is 0 Å². The van der Waals surface area contributed by atoms with Gasteiger partial charge in [-0.25, -0.2) is 4.79 Å². The number of carbonyl (C=O) groups excluding carboxylic acids is 1. The first kappa shape index (κ1) is 25.8. The molecule has 1 aliphatic rings. The lowest BCUT2D eigenvalue weighted by Crippen LogP contribution is -2.50. The van der Waals surface area contributed by atoms with Crippen molar-refractivity contribution in [3.63, 3.8) is 0 Å². The van der Waals surface area contributed by atoms with Crippen LogP contribution in [0.25, 0.3) is 0 Å². The molecule has 2 aromatic carbocycles. The van der Waals surface area contributed by atoms with Gasteiger partial charge >= 0.3 is 6.03 Å². The Bertz CT molecular complexity index is 909. The number of urea groups is 1. The summed E-state index contributed by atoms with van der Waals surface area (Å²) in [7, 11) is 7.41. The van der Waals surface area contributed by atoms with Gasteiger partial charge in [0.15, 0.2) is 0 Å². The highest BCUT2D eigenvalue weighted by atomic mass is 16.5. The molecule has 0 spiro atoms. The van der Waals surface area contributed by atoms with Gasteiger partial charge in [-0.3, -0.25) is 0 Å². The van der Waals surface area contributed by atoms with Crippen LogP contribution in [0.4, 0.5) is 10.5 Å². The van der Waals surface area contributed by atoms with Crippen LogP contribution < -0.4 is 14.8 Å². The number of nitrogens with one attached hydrogen (secondary N) is 1. The predicted octanol–water partition coefficient (Wildman–Crippen LogP) is 4.11. The fourth-order valence-electron chi connectivity index (χ4n) is 4.40. The summed E-state index contributed by atoms with van der Waals surface area (Å²) >= 11 is 0. The van der Waals surface area contributed by atoms with E-state index in [9.17, 15) is 4.79 Å². The third-order valence-corrected chi connectivity index (χ3v) is 6.52. The van der Waals surface area contributed by atoms with Crippen LogP contribution in [0, 0.1) is 6.92 Å². The molecule has 1 saturated heterocycles. The van der Waals surface area contributed by atoms with Crippen LogP contribution in [0.15, 0.2) is 42.5 Å². The minimum Gasteiger partial charge on any atom is -0.497 e. The molecule has 2 aromatic rings. The number of benzene rings is 2. The Hall–Kier alpha value is -2.77. The molecule has 0 saturated carbocycles. The van der Waals surface area contributed by atoms with Crippen LogP contribution in [-0.2, 0) is 6.42 Å². The molecule has 3 rings (SSSR count). The lowest BCUT2D eigenvalue weighted by molar-refractivity contribution is 0.123. The summed E-state index contributed by atoms with van der Waals surface area (Å²) in [5, 5.41) is 3.11. The smallest absolute Gasteiger partial charge is 0.322 e. The molecule has 7 nitrogen and oxygen atoms in total. The zero-order chi connectivity index (χ0) is 24.5. The molecule has 1 fully saturated rings. The predicted molar refractivity (Wildman–Crippen MR) is 138 cm³/mol. The monoisotopic (exact) mass is 468 g/mol. The van der Waals surface area contributed by atoms with Gasteiger partial charge in [-0.05, 0) is 75.7 Å². The van der Waals surface area contributed by atoms with Crippen molar-refractivity contribution in [2.75, 3.05) is 66.4 Å². The molecule has 1 N–H and O–H groups in total. The highest BCUT2D eigenvalue weighted by molar-refractivity contribution is 5.91. The maximum Gasteiger partial charge on any atom is 0.322 e. The number of methoxy groups -OCH3 is 2. The Morgan fingerprint density at radius 1 is 1.03 bits per heavy atom. The van der Waals surface area contributed by atoms with Crippen LogP contribution in [-0.4, -0.2) is 87.8 Å². The topological polar surface area (TPSA) is 57.3 Å². The van der Waals surface area contributed by atoms with E-state index in [0.29, 0.717) is 12.3 Å². The van der Waals surface area contributed by atoms with E-state index >= 15 is 0 Å². The van der Waals surface area contributed by atoms with E-state index in [2.05, 4.69) is 27.2 Å². The summed E-state index contributed by atoms with van der Waals surface area (Å²) < 4.78 is 10.7. The molecule has 0 aromatic heterocycles. The van der Waals surface area contributed by atoms with E-state index in [1.165, 1.54) is 5.56 Å². The van der Waals surface area contributed by atoms with E-state index in [1.807, 2.05) is 56.3 Å². The lowest BCUT2D eigenvalue weighted by atomic mass is 10.0. The minimum absolute atomic E-state index is 0.0533. The maximum absolute atomic E-state index is 13.4. The van der Waals surface area contributed by atoms with Crippen LogP contribution in [0.2, 0.25) is 0 Å². The third kappa shape index (κ3) is 7.37. The van der Waals surface area contributed by atoms with Crippen molar-refractivity contribution in [1.29, 1.82) is 0 Å². The summed E-state index contributed by atoms with van der Waals surface area (Å²) in [4.78, 5) is 20.0. The Labute approximate surface area is 204 Å². The van der Waals surface area contributed by atoms with E-state index < -0.39 is 0 Å². The zero-order valence-corrected chi connectivity index (χ0v) is 21.3. The summed E-state index contributed by atoms with van der Waals surface area (Å²) in [5.74, 6) is 1.57. The van der Waals surface area contributed by atoms with Crippen LogP contribution >= 0.6 is 0 Å². The molecule has 2 amide bonds. The fraction of sp³-hybridized carbons (Fsp3) is 0.519. The lowest BCUT2D eigenvalue weighted by Gasteiger charge is -2.39. The van der Waals surface area contributed by atoms with Gasteiger partial charge in [-0.1, -0.05) is 18.2 Å². The number of likely N-dealkylation sites (tertiary alicyclic amines) is 1. The Kier molecular flexibility index (Phi) is 9.60. The van der Waals surface area contributed by atoms with Crippen LogP contribution in [0.3, 0.4) is 0 Å². The van der Waals surface area contributed by atoms with Gasteiger partial charge in [0.25, 0.3) is 0 Å². The number of rotatable bonds is 10. The quantitative estimate of drug-likeness (QED) is 0.569. The van der Waals surface area contributed by atoms with Crippen molar-refractivity contribution in [2.24, 2.45) is 0 Å². The third-order valence-electron chi connectivity index (χ3n) is 6.52. The molecule has 1 heterocycles. The molecular weight excluding hydrogens is 428 g/mol. The average Bonchev–Trinajstić information content (AvgIpc) is 2.84. The summed E-state index contributed by atoms with van der Waals surface area (Å²) in [6.45, 7) is 6.57. The highest BCUT2D eigenvalue weighted by Crippen LogP contribution is 2.26. The molecule has 34 heavy (non-hydrogen) atoms. The van der Waals surface area contributed by atoms with Gasteiger partial charge < -0.3 is 29.5 Å². The number of carbonyl (C=O) groups is 1. The number of nitrogens with zero attached hydrogens (tertiary/aromatic N) is 3. The zero-order valence-electron chi connectivity index (χ0n) is 21.3. The maximum atomic E-state index is 13.4. The Morgan fingerprint density at radius 2 is 1.74 bits per heavy atom. The number of likely N-dealkylation sites (N-methyl/N-ethyl adjacent to an activating group) is 1. The van der Waals surface area contributed by atoms with Crippen molar-refractivity contribution in [1.82, 2.24) is 14.7 Å². The normalized spacial score (nSPS) is 14.8. The van der Waals surface area contributed by atoms with Gasteiger partial charge in [-0.15, -0.1) is 0 Å². The average molecular weight is 469 g/mol. The molecule has 1 aliphatic heterocycles. The number of aryl methyl sites for hydroxylation is 1. The van der Waals surface area contributed by atoms with E-state index in [-0.39, 0.29) is 12.1 Å². The van der Waals surface area contributed by atoms with Crippen molar-refractivity contribution < 1.29 is 14.3 Å². The minimum atomic E-state index is -0.0533. The van der Waals surface area contributed by atoms with Crippen LogP contribution in [0.1, 0.15) is 24.0 Å². The first-order valence-electron chi connectivity index (χ1n) is 12.1. The second kappa shape index (κ2) is 12.6. The molecule has 0 radical (unpaired) electrons. The largest absolute Gasteiger partial charge is 0.497 e. The molecule has 7 heteroatoms. The molecule has 0 unspecified atom stereocenters. The van der Waals surface area contributed by atoms with Gasteiger partial charge in [0, 0.05) is 38.8 Å². The Morgan fingerprint density at radius 3 is 2.35 bits per heavy atom. The van der Waals surface area contributed by atoms with Crippen molar-refractivity contribution in [2.45, 2.75) is 32.2 Å². The van der Waals surface area contributed by atoms with E-state index in [0.717, 1.165) is 62.4 Å². The van der Waals surface area contributed by atoms with E-state index in [4.69, 9.17) is 9.47 Å². The molecule has 0 bridgehead atoms. The number of hydrogen-bond acceptors (Lipinski definition) is 5. The molecule has 0 atom stereocenters. The standard InChI is InChI=1S/C27H40N4O3/c1-21-6-11-26(34-5)25(20-21)28-27(32)31(19-18-29(2)3)23-13-16-30(17-14-23)15-12-22-7-9-24(33-4)10-8-22/h6-11,20,23H,12-19H2,1-5H3,(H,28,32). The van der Waals surface area contributed by atoms with Crippen LogP contribution in [0.5, 0.6) is 11.5 Å². The van der Waals surface area contributed by atoms with Gasteiger partial charge in [-0.2, -0.15) is 0 Å². The second-order valence-electron chi connectivity index (χ2n) is 9.30. The second-order valence-corrected chi connectivity index (χ2v) is 9.30. The number of hydrogen-bond donors (Lipinski definition) is 1. The van der Waals surface area contributed by atoms with Crippen molar-refractivity contribution in [3.8, 4) is 11.5 Å². The molecular formula is C27H40N4O3. The van der Waals surface area contributed by atoms with Crippen molar-refractivity contribution in [3.05, 3.63) is 53.6 Å². The SMILES string of the molecule is COc1ccc(CCN2CCC(N(CCN(C)C)C(=O)Nc3cc(C)ccc3OC)CC2)cc1. The summed E-state index contributed by atoms with van der Waals surface area (Å²) in [6, 6.07) is 14.3. The first-order chi connectivity index (χ1) is 16.4. The fourth-order valence-corrected chi connectivity index (χ4v) is 4.40. The summed E-state index contributed by atoms with van der Waals surface area (Å²) in [5.41, 5.74) is 3.13. The first-order valence-corrected chi connectivity index (χ1v) is 12.1. The van der Waals surface area contributed by atoms with Gasteiger partial charge in [0.1, 0.15) is 11.5 Å².